The predicted molar refractivity (Wildman–Crippen MR) is 75.4 cm³/mol. The molecule has 2 aromatic heterocycles. The minimum Gasteiger partial charge on any atom is -0.359 e. The van der Waals surface area contributed by atoms with Crippen molar-refractivity contribution in [2.45, 2.75) is 26.3 Å². The van der Waals surface area contributed by atoms with Gasteiger partial charge in [-0.25, -0.2) is 9.97 Å². The molecule has 0 amide bonds. The maximum absolute atomic E-state index is 4.49. The summed E-state index contributed by atoms with van der Waals surface area (Å²) >= 11 is 5.09. The van der Waals surface area contributed by atoms with Crippen LogP contribution in [0, 0.1) is 6.92 Å². The molecule has 0 aliphatic rings. The Bertz CT molecular complexity index is 508. The zero-order chi connectivity index (χ0) is 12.5. The molecule has 2 heterocycles. The molecule has 0 aliphatic carbocycles. The van der Waals surface area contributed by atoms with E-state index in [1.54, 1.807) is 11.3 Å². The highest BCUT2D eigenvalue weighted by molar-refractivity contribution is 9.10. The fraction of sp³-hybridized carbons (Fsp3) is 0.333. The second-order valence-corrected chi connectivity index (χ2v) is 6.10. The highest BCUT2D eigenvalue weighted by Crippen LogP contribution is 2.27. The van der Waals surface area contributed by atoms with Gasteiger partial charge in [0.15, 0.2) is 0 Å². The van der Waals surface area contributed by atoms with Crippen molar-refractivity contribution in [1.82, 2.24) is 9.97 Å². The van der Waals surface area contributed by atoms with Crippen molar-refractivity contribution in [2.24, 2.45) is 0 Å². The van der Waals surface area contributed by atoms with Gasteiger partial charge in [-0.3, -0.25) is 0 Å². The van der Waals surface area contributed by atoms with Crippen molar-refractivity contribution >= 4 is 33.1 Å². The van der Waals surface area contributed by atoms with Gasteiger partial charge in [-0.1, -0.05) is 0 Å². The zero-order valence-electron chi connectivity index (χ0n) is 9.99. The lowest BCUT2D eigenvalue weighted by molar-refractivity contribution is 0.600. The van der Waals surface area contributed by atoms with Crippen molar-refractivity contribution < 1.29 is 0 Å². The number of halogens is 1. The van der Waals surface area contributed by atoms with Crippen LogP contribution in [0.25, 0.3) is 0 Å². The molecule has 0 fully saturated rings. The Balaban J connectivity index is 2.23. The van der Waals surface area contributed by atoms with Gasteiger partial charge >= 0.3 is 0 Å². The molecule has 5 heteroatoms. The number of nitrogens with zero attached hydrogens (tertiary/aromatic N) is 2. The molecular formula is C12H14BrN3S. The molecule has 90 valence electrons. The molecule has 0 saturated heterocycles. The topological polar surface area (TPSA) is 37.8 Å². The third-order valence-corrected chi connectivity index (χ3v) is 4.36. The van der Waals surface area contributed by atoms with E-state index in [9.17, 15) is 0 Å². The van der Waals surface area contributed by atoms with Crippen molar-refractivity contribution in [2.75, 3.05) is 5.32 Å². The SMILES string of the molecule is Cc1nc(NC(C)(C)c2nccs2)ccc1Br. The van der Waals surface area contributed by atoms with Crippen LogP contribution in [0.2, 0.25) is 0 Å². The van der Waals surface area contributed by atoms with Gasteiger partial charge in [0.2, 0.25) is 0 Å². The summed E-state index contributed by atoms with van der Waals surface area (Å²) in [6.07, 6.45) is 1.82. The molecule has 1 N–H and O–H groups in total. The number of hydrogen-bond acceptors (Lipinski definition) is 4. The quantitative estimate of drug-likeness (QED) is 0.932. The van der Waals surface area contributed by atoms with Crippen LogP contribution in [-0.2, 0) is 5.54 Å². The van der Waals surface area contributed by atoms with E-state index < -0.39 is 0 Å². The van der Waals surface area contributed by atoms with Crippen molar-refractivity contribution in [3.8, 4) is 0 Å². The van der Waals surface area contributed by atoms with E-state index in [1.165, 1.54) is 0 Å². The molecule has 0 aromatic carbocycles. The number of nitrogens with one attached hydrogen (secondary N) is 1. The maximum atomic E-state index is 4.49. The molecule has 3 nitrogen and oxygen atoms in total. The second-order valence-electron chi connectivity index (χ2n) is 4.35. The monoisotopic (exact) mass is 311 g/mol. The van der Waals surface area contributed by atoms with E-state index in [0.29, 0.717) is 0 Å². The Morgan fingerprint density at radius 3 is 2.71 bits per heavy atom. The van der Waals surface area contributed by atoms with E-state index in [4.69, 9.17) is 0 Å². The van der Waals surface area contributed by atoms with Crippen molar-refractivity contribution in [1.29, 1.82) is 0 Å². The Morgan fingerprint density at radius 1 is 1.35 bits per heavy atom. The summed E-state index contributed by atoms with van der Waals surface area (Å²) in [5, 5.41) is 6.45. The molecule has 0 saturated carbocycles. The van der Waals surface area contributed by atoms with Gasteiger partial charge in [-0.15, -0.1) is 11.3 Å². The number of pyridine rings is 1. The third-order valence-electron chi connectivity index (χ3n) is 2.43. The average molecular weight is 312 g/mol. The summed E-state index contributed by atoms with van der Waals surface area (Å²) in [5.74, 6) is 0.867. The standard InChI is InChI=1S/C12H14BrN3S/c1-8-9(13)4-5-10(15-8)16-12(2,3)11-14-6-7-17-11/h4-7H,1-3H3,(H,15,16). The van der Waals surface area contributed by atoms with Crippen LogP contribution in [0.15, 0.2) is 28.2 Å². The smallest absolute Gasteiger partial charge is 0.127 e. The lowest BCUT2D eigenvalue weighted by Crippen LogP contribution is -2.28. The maximum Gasteiger partial charge on any atom is 0.127 e. The molecule has 0 spiro atoms. The first-order valence-electron chi connectivity index (χ1n) is 5.30. The van der Waals surface area contributed by atoms with Gasteiger partial charge in [-0.05, 0) is 48.8 Å². The molecule has 0 unspecified atom stereocenters. The summed E-state index contributed by atoms with van der Waals surface area (Å²) in [5.41, 5.74) is 0.770. The molecule has 0 atom stereocenters. The van der Waals surface area contributed by atoms with E-state index >= 15 is 0 Å². The summed E-state index contributed by atoms with van der Waals surface area (Å²) < 4.78 is 1.02. The first-order chi connectivity index (χ1) is 7.99. The fourth-order valence-corrected chi connectivity index (χ4v) is 2.46. The second kappa shape index (κ2) is 4.74. The van der Waals surface area contributed by atoms with E-state index in [-0.39, 0.29) is 5.54 Å². The van der Waals surface area contributed by atoms with Gasteiger partial charge in [0.1, 0.15) is 10.8 Å². The molecular weight excluding hydrogens is 298 g/mol. The largest absolute Gasteiger partial charge is 0.359 e. The van der Waals surface area contributed by atoms with Gasteiger partial charge in [0, 0.05) is 16.0 Å². The lowest BCUT2D eigenvalue weighted by Gasteiger charge is -2.24. The first kappa shape index (κ1) is 12.5. The summed E-state index contributed by atoms with van der Waals surface area (Å²) in [4.78, 5) is 8.83. The number of thiazole rings is 1. The van der Waals surface area contributed by atoms with Crippen LogP contribution in [-0.4, -0.2) is 9.97 Å². The third kappa shape index (κ3) is 2.84. The van der Waals surface area contributed by atoms with E-state index in [0.717, 1.165) is 21.0 Å². The number of hydrogen-bond donors (Lipinski definition) is 1. The van der Waals surface area contributed by atoms with E-state index in [1.807, 2.05) is 30.6 Å². The number of aryl methyl sites for hydroxylation is 1. The summed E-state index contributed by atoms with van der Waals surface area (Å²) in [6.45, 7) is 6.18. The molecule has 2 rings (SSSR count). The molecule has 2 aromatic rings. The highest BCUT2D eigenvalue weighted by Gasteiger charge is 2.23. The summed E-state index contributed by atoms with van der Waals surface area (Å²) in [7, 11) is 0. The Morgan fingerprint density at radius 2 is 2.12 bits per heavy atom. The Labute approximate surface area is 113 Å². The molecule has 0 radical (unpaired) electrons. The van der Waals surface area contributed by atoms with E-state index in [2.05, 4.69) is 45.1 Å². The van der Waals surface area contributed by atoms with Gasteiger partial charge in [-0.2, -0.15) is 0 Å². The minimum absolute atomic E-state index is 0.207. The summed E-state index contributed by atoms with van der Waals surface area (Å²) in [6, 6.07) is 3.97. The number of anilines is 1. The van der Waals surface area contributed by atoms with Gasteiger partial charge in [0.25, 0.3) is 0 Å². The van der Waals surface area contributed by atoms with Crippen LogP contribution in [0.1, 0.15) is 24.5 Å². The number of aromatic nitrogens is 2. The average Bonchev–Trinajstić information content (AvgIpc) is 2.77. The van der Waals surface area contributed by atoms with Gasteiger partial charge < -0.3 is 5.32 Å². The lowest BCUT2D eigenvalue weighted by atomic mass is 10.1. The van der Waals surface area contributed by atoms with Crippen LogP contribution in [0.5, 0.6) is 0 Å². The first-order valence-corrected chi connectivity index (χ1v) is 6.97. The van der Waals surface area contributed by atoms with Crippen LogP contribution in [0.3, 0.4) is 0 Å². The predicted octanol–water partition coefficient (Wildman–Crippen LogP) is 3.96. The minimum atomic E-state index is -0.207. The van der Waals surface area contributed by atoms with Crippen LogP contribution >= 0.6 is 27.3 Å². The molecule has 0 bridgehead atoms. The van der Waals surface area contributed by atoms with Crippen LogP contribution in [0.4, 0.5) is 5.82 Å². The van der Waals surface area contributed by atoms with Crippen molar-refractivity contribution in [3.63, 3.8) is 0 Å². The van der Waals surface area contributed by atoms with Crippen LogP contribution < -0.4 is 5.32 Å². The molecule has 17 heavy (non-hydrogen) atoms. The zero-order valence-corrected chi connectivity index (χ0v) is 12.4. The Hall–Kier alpha value is -0.940. The highest BCUT2D eigenvalue weighted by atomic mass is 79.9. The molecule has 0 aliphatic heterocycles. The number of rotatable bonds is 3. The fourth-order valence-electron chi connectivity index (χ4n) is 1.52. The van der Waals surface area contributed by atoms with Crippen molar-refractivity contribution in [3.05, 3.63) is 38.9 Å². The van der Waals surface area contributed by atoms with Gasteiger partial charge in [0.05, 0.1) is 11.2 Å². The Kier molecular flexibility index (Phi) is 3.49. The normalized spacial score (nSPS) is 11.5.